The molecule has 188 valence electrons. The molecule has 7 heteroatoms. The maximum absolute atomic E-state index is 13.3. The number of benzene rings is 4. The zero-order valence-electron chi connectivity index (χ0n) is 19.8. The summed E-state index contributed by atoms with van der Waals surface area (Å²) in [4.78, 5) is 14.8. The summed E-state index contributed by atoms with van der Waals surface area (Å²) in [5.41, 5.74) is 2.90. The molecule has 2 unspecified atom stereocenters. The highest BCUT2D eigenvalue weighted by atomic mass is 19.1. The van der Waals surface area contributed by atoms with Crippen LogP contribution in [0, 0.1) is 11.7 Å². The lowest BCUT2D eigenvalue weighted by atomic mass is 9.76. The minimum Gasteiger partial charge on any atom is -0.508 e. The van der Waals surface area contributed by atoms with Gasteiger partial charge in [0.1, 0.15) is 17.3 Å². The number of amides is 1. The van der Waals surface area contributed by atoms with E-state index in [0.717, 1.165) is 0 Å². The lowest BCUT2D eigenvalue weighted by Crippen LogP contribution is -2.59. The van der Waals surface area contributed by atoms with Crippen LogP contribution in [0.4, 0.5) is 10.1 Å². The van der Waals surface area contributed by atoms with Gasteiger partial charge in [0.2, 0.25) is 5.91 Å². The second kappa shape index (κ2) is 10.0. The van der Waals surface area contributed by atoms with Gasteiger partial charge < -0.3 is 25.3 Å². The van der Waals surface area contributed by atoms with Crippen LogP contribution in [0.25, 0.3) is 11.1 Å². The summed E-state index contributed by atoms with van der Waals surface area (Å²) in [5, 5.41) is 42.6. The van der Waals surface area contributed by atoms with Crippen LogP contribution in [0.15, 0.2) is 97.1 Å². The van der Waals surface area contributed by atoms with Gasteiger partial charge in [0.05, 0.1) is 24.2 Å². The summed E-state index contributed by atoms with van der Waals surface area (Å²) in [6.45, 7) is 0. The quantitative estimate of drug-likeness (QED) is 0.265. The molecule has 37 heavy (non-hydrogen) atoms. The molecule has 1 fully saturated rings. The average molecular weight is 500 g/mol. The molecule has 0 radical (unpaired) electrons. The summed E-state index contributed by atoms with van der Waals surface area (Å²) >= 11 is 0. The Hall–Kier alpha value is -4.20. The Kier molecular flexibility index (Phi) is 6.65. The summed E-state index contributed by atoms with van der Waals surface area (Å²) in [6, 6.07) is 25.3. The molecule has 0 spiro atoms. The Balaban J connectivity index is 1.47. The first-order valence-corrected chi connectivity index (χ1v) is 12.0. The summed E-state index contributed by atoms with van der Waals surface area (Å²) in [5.74, 6) is -1.63. The second-order valence-corrected chi connectivity index (χ2v) is 9.21. The number of para-hydroxylation sites is 1. The fraction of sp³-hybridized carbons (Fsp3) is 0.167. The van der Waals surface area contributed by atoms with Gasteiger partial charge in [-0.1, -0.05) is 54.6 Å². The third-order valence-corrected chi connectivity index (χ3v) is 6.84. The minimum absolute atomic E-state index is 0.0597. The lowest BCUT2D eigenvalue weighted by Gasteiger charge is -2.49. The van der Waals surface area contributed by atoms with E-state index in [4.69, 9.17) is 0 Å². The van der Waals surface area contributed by atoms with Crippen LogP contribution in [0.1, 0.15) is 29.7 Å². The van der Waals surface area contributed by atoms with Crippen molar-refractivity contribution in [2.45, 2.75) is 24.7 Å². The molecule has 1 heterocycles. The van der Waals surface area contributed by atoms with Crippen LogP contribution in [0.3, 0.4) is 0 Å². The number of phenols is 2. The van der Waals surface area contributed by atoms with Gasteiger partial charge in [-0.05, 0) is 59.2 Å². The number of β-lactam (4-membered cyclic amide) rings is 1. The SMILES string of the molecule is O=C1C([C@H](O)C[C@H](O)c2ccc(F)cc2)C(c2ccc(-c3cccc(O)c3)cc2O)N1c1ccccc1. The van der Waals surface area contributed by atoms with Gasteiger partial charge in [-0.15, -0.1) is 0 Å². The number of rotatable bonds is 7. The lowest BCUT2D eigenvalue weighted by molar-refractivity contribution is -0.137. The number of carbonyl (C=O) groups is 1. The number of anilines is 1. The van der Waals surface area contributed by atoms with Crippen molar-refractivity contribution in [3.05, 3.63) is 114 Å². The molecule has 1 aliphatic rings. The standard InChI is InChI=1S/C30H26FNO5/c31-21-12-9-18(10-13-21)25(34)17-27(36)28-29(32(30(28)37)22-6-2-1-3-7-22)24-14-11-20(16-26(24)35)19-5-4-8-23(33)15-19/h1-16,25,27-29,33-36H,17H2/t25-,27+,28?,29?/m0/s1. The normalized spacial score (nSPS) is 18.8. The number of aromatic hydroxyl groups is 2. The Morgan fingerprint density at radius 3 is 2.19 bits per heavy atom. The van der Waals surface area contributed by atoms with Crippen molar-refractivity contribution in [1.82, 2.24) is 0 Å². The van der Waals surface area contributed by atoms with Gasteiger partial charge in [0, 0.05) is 17.7 Å². The van der Waals surface area contributed by atoms with Crippen LogP contribution in [-0.4, -0.2) is 32.4 Å². The van der Waals surface area contributed by atoms with Crippen molar-refractivity contribution >= 4 is 11.6 Å². The van der Waals surface area contributed by atoms with E-state index in [9.17, 15) is 29.6 Å². The molecule has 0 bridgehead atoms. The number of phenolic OH excluding ortho intramolecular Hbond substituents is 2. The fourth-order valence-electron chi connectivity index (χ4n) is 4.95. The highest BCUT2D eigenvalue weighted by Gasteiger charge is 2.53. The van der Waals surface area contributed by atoms with Crippen molar-refractivity contribution in [2.24, 2.45) is 5.92 Å². The Morgan fingerprint density at radius 2 is 1.51 bits per heavy atom. The van der Waals surface area contributed by atoms with E-state index in [1.165, 1.54) is 29.2 Å². The molecule has 6 nitrogen and oxygen atoms in total. The number of aliphatic hydroxyl groups is 2. The van der Waals surface area contributed by atoms with Crippen LogP contribution in [0.5, 0.6) is 11.5 Å². The van der Waals surface area contributed by atoms with Crippen molar-refractivity contribution in [3.63, 3.8) is 0 Å². The predicted octanol–water partition coefficient (Wildman–Crippen LogP) is 5.09. The average Bonchev–Trinajstić information content (AvgIpc) is 2.88. The third kappa shape index (κ3) is 4.79. The van der Waals surface area contributed by atoms with Crippen LogP contribution in [0.2, 0.25) is 0 Å². The fourth-order valence-corrected chi connectivity index (χ4v) is 4.95. The molecule has 4 aromatic carbocycles. The largest absolute Gasteiger partial charge is 0.508 e. The molecule has 5 rings (SSSR count). The topological polar surface area (TPSA) is 101 Å². The first-order chi connectivity index (χ1) is 17.8. The molecule has 4 aromatic rings. The van der Waals surface area contributed by atoms with Gasteiger partial charge in [-0.2, -0.15) is 0 Å². The number of hydrogen-bond acceptors (Lipinski definition) is 5. The molecule has 0 aliphatic carbocycles. The molecular weight excluding hydrogens is 473 g/mol. The van der Waals surface area contributed by atoms with Crippen molar-refractivity contribution in [2.75, 3.05) is 4.90 Å². The number of nitrogens with zero attached hydrogens (tertiary/aromatic N) is 1. The zero-order valence-corrected chi connectivity index (χ0v) is 19.8. The molecular formula is C30H26FNO5. The Labute approximate surface area is 213 Å². The maximum atomic E-state index is 13.3. The minimum atomic E-state index is -1.22. The maximum Gasteiger partial charge on any atom is 0.235 e. The van der Waals surface area contributed by atoms with Crippen LogP contribution in [-0.2, 0) is 4.79 Å². The number of hydrogen-bond donors (Lipinski definition) is 4. The van der Waals surface area contributed by atoms with Gasteiger partial charge in [-0.3, -0.25) is 4.79 Å². The summed E-state index contributed by atoms with van der Waals surface area (Å²) < 4.78 is 13.3. The molecule has 1 amide bonds. The van der Waals surface area contributed by atoms with Gasteiger partial charge in [0.15, 0.2) is 0 Å². The second-order valence-electron chi connectivity index (χ2n) is 9.21. The van der Waals surface area contributed by atoms with Crippen molar-refractivity contribution in [1.29, 1.82) is 0 Å². The van der Waals surface area contributed by atoms with Crippen LogP contribution >= 0.6 is 0 Å². The van der Waals surface area contributed by atoms with Crippen molar-refractivity contribution < 1.29 is 29.6 Å². The molecule has 0 saturated carbocycles. The zero-order chi connectivity index (χ0) is 26.1. The molecule has 1 aliphatic heterocycles. The van der Waals surface area contributed by atoms with E-state index in [2.05, 4.69) is 0 Å². The van der Waals surface area contributed by atoms with Crippen LogP contribution < -0.4 is 4.90 Å². The van der Waals surface area contributed by atoms with E-state index in [0.29, 0.717) is 27.9 Å². The highest BCUT2D eigenvalue weighted by molar-refractivity contribution is 6.04. The molecule has 1 saturated heterocycles. The van der Waals surface area contributed by atoms with Gasteiger partial charge >= 0.3 is 0 Å². The van der Waals surface area contributed by atoms with E-state index in [1.807, 2.05) is 6.07 Å². The summed E-state index contributed by atoms with van der Waals surface area (Å²) in [6.07, 6.45) is -2.46. The molecule has 4 N–H and O–H groups in total. The number of aliphatic hydroxyl groups excluding tert-OH is 2. The predicted molar refractivity (Wildman–Crippen MR) is 137 cm³/mol. The molecule has 4 atom stereocenters. The van der Waals surface area contributed by atoms with Crippen molar-refractivity contribution in [3.8, 4) is 22.6 Å². The van der Waals surface area contributed by atoms with Gasteiger partial charge in [-0.25, -0.2) is 4.39 Å². The van der Waals surface area contributed by atoms with Gasteiger partial charge in [0.25, 0.3) is 0 Å². The van der Waals surface area contributed by atoms with E-state index in [1.54, 1.807) is 66.7 Å². The first kappa shape index (κ1) is 24.5. The molecule has 0 aromatic heterocycles. The van der Waals surface area contributed by atoms with E-state index < -0.39 is 30.0 Å². The third-order valence-electron chi connectivity index (χ3n) is 6.84. The monoisotopic (exact) mass is 499 g/mol. The van der Waals surface area contributed by atoms with E-state index >= 15 is 0 Å². The Bertz CT molecular complexity index is 1410. The smallest absolute Gasteiger partial charge is 0.235 e. The number of carbonyl (C=O) groups excluding carboxylic acids is 1. The number of halogens is 1. The summed E-state index contributed by atoms with van der Waals surface area (Å²) in [7, 11) is 0. The Morgan fingerprint density at radius 1 is 0.811 bits per heavy atom. The highest BCUT2D eigenvalue weighted by Crippen LogP contribution is 2.49. The first-order valence-electron chi connectivity index (χ1n) is 12.0. The van der Waals surface area contributed by atoms with E-state index in [-0.39, 0.29) is 23.8 Å².